The molecule has 4 rings (SSSR count). The average Bonchev–Trinajstić information content (AvgIpc) is 3.30. The van der Waals surface area contributed by atoms with Gasteiger partial charge in [-0.25, -0.2) is 12.8 Å². The number of anilines is 1. The van der Waals surface area contributed by atoms with E-state index in [1.54, 1.807) is 0 Å². The molecule has 2 heterocycles. The number of amides is 1. The molecule has 1 amide bonds. The third-order valence-electron chi connectivity index (χ3n) is 4.82. The summed E-state index contributed by atoms with van der Waals surface area (Å²) in [6, 6.07) is 11.0. The Bertz CT molecular complexity index is 1290. The number of ketones is 1. The van der Waals surface area contributed by atoms with Crippen molar-refractivity contribution in [3.05, 3.63) is 65.5 Å². The van der Waals surface area contributed by atoms with E-state index < -0.39 is 21.7 Å². The summed E-state index contributed by atoms with van der Waals surface area (Å²) >= 11 is 2.23. The van der Waals surface area contributed by atoms with Crippen molar-refractivity contribution in [3.8, 4) is 0 Å². The van der Waals surface area contributed by atoms with Crippen LogP contribution in [0.4, 0.5) is 9.52 Å². The summed E-state index contributed by atoms with van der Waals surface area (Å²) in [7, 11) is -3.74. The van der Waals surface area contributed by atoms with Crippen LogP contribution in [-0.4, -0.2) is 66.7 Å². The third-order valence-corrected chi connectivity index (χ3v) is 8.69. The van der Waals surface area contributed by atoms with Crippen molar-refractivity contribution in [2.45, 2.75) is 9.24 Å². The van der Waals surface area contributed by atoms with Gasteiger partial charge in [-0.3, -0.25) is 14.9 Å². The molecule has 0 radical (unpaired) electrons. The van der Waals surface area contributed by atoms with Crippen LogP contribution in [-0.2, 0) is 14.8 Å². The zero-order chi connectivity index (χ0) is 24.1. The quantitative estimate of drug-likeness (QED) is 0.273. The van der Waals surface area contributed by atoms with Gasteiger partial charge in [-0.2, -0.15) is 4.31 Å². The van der Waals surface area contributed by atoms with Crippen molar-refractivity contribution < 1.29 is 27.1 Å². The molecule has 1 aliphatic heterocycles. The van der Waals surface area contributed by atoms with Crippen molar-refractivity contribution >= 4 is 49.9 Å². The van der Waals surface area contributed by atoms with Crippen LogP contribution in [0, 0.1) is 5.82 Å². The smallest absolute Gasteiger partial charge is 0.257 e. The van der Waals surface area contributed by atoms with Gasteiger partial charge in [-0.05, 0) is 42.5 Å². The van der Waals surface area contributed by atoms with Gasteiger partial charge in [0, 0.05) is 24.2 Å². The van der Waals surface area contributed by atoms with E-state index in [0.29, 0.717) is 23.1 Å². The monoisotopic (exact) mass is 522 g/mol. The zero-order valence-electron chi connectivity index (χ0n) is 17.6. The van der Waals surface area contributed by atoms with Crippen LogP contribution < -0.4 is 5.32 Å². The van der Waals surface area contributed by atoms with Crippen molar-refractivity contribution in [2.75, 3.05) is 37.4 Å². The Balaban J connectivity index is 1.37. The molecule has 1 N–H and O–H groups in total. The zero-order valence-corrected chi connectivity index (χ0v) is 20.1. The Kier molecular flexibility index (Phi) is 7.68. The Morgan fingerprint density at radius 2 is 1.82 bits per heavy atom. The average molecular weight is 523 g/mol. The van der Waals surface area contributed by atoms with Crippen LogP contribution in [0.1, 0.15) is 20.7 Å². The summed E-state index contributed by atoms with van der Waals surface area (Å²) in [5.74, 6) is -1.06. The second kappa shape index (κ2) is 10.7. The number of rotatable bonds is 8. The number of thioether (sulfide) groups is 1. The Morgan fingerprint density at radius 1 is 1.09 bits per heavy atom. The van der Waals surface area contributed by atoms with Gasteiger partial charge in [0.05, 0.1) is 23.9 Å². The Hall–Kier alpha value is -2.71. The van der Waals surface area contributed by atoms with Gasteiger partial charge < -0.3 is 4.74 Å². The lowest BCUT2D eigenvalue weighted by Gasteiger charge is -2.26. The van der Waals surface area contributed by atoms with Gasteiger partial charge in [0.25, 0.3) is 5.91 Å². The molecule has 3 aromatic rings. The van der Waals surface area contributed by atoms with Gasteiger partial charge in [-0.15, -0.1) is 10.2 Å². The molecule has 2 aromatic carbocycles. The van der Waals surface area contributed by atoms with Gasteiger partial charge in [0.1, 0.15) is 5.82 Å². The molecule has 0 unspecified atom stereocenters. The van der Waals surface area contributed by atoms with E-state index in [-0.39, 0.29) is 40.2 Å². The number of ether oxygens (including phenoxy) is 1. The van der Waals surface area contributed by atoms with E-state index in [1.807, 2.05) is 0 Å². The van der Waals surface area contributed by atoms with E-state index in [9.17, 15) is 22.4 Å². The van der Waals surface area contributed by atoms with E-state index in [4.69, 9.17) is 4.74 Å². The van der Waals surface area contributed by atoms with Crippen molar-refractivity contribution in [1.82, 2.24) is 14.5 Å². The van der Waals surface area contributed by atoms with E-state index in [1.165, 1.54) is 52.8 Å². The lowest BCUT2D eigenvalue weighted by atomic mass is 10.1. The fourth-order valence-electron chi connectivity index (χ4n) is 3.07. The minimum atomic E-state index is -3.74. The largest absolute Gasteiger partial charge is 0.379 e. The first-order chi connectivity index (χ1) is 16.3. The summed E-state index contributed by atoms with van der Waals surface area (Å²) in [6.07, 6.45) is 0. The van der Waals surface area contributed by atoms with Gasteiger partial charge in [0.2, 0.25) is 15.2 Å². The SMILES string of the molecule is O=C(CSc1nnc(NC(=O)c2cccc(S(=O)(=O)N3CCOCC3)c2)s1)c1ccc(F)cc1. The predicted molar refractivity (Wildman–Crippen MR) is 125 cm³/mol. The number of benzene rings is 2. The molecule has 34 heavy (non-hydrogen) atoms. The van der Waals surface area contributed by atoms with Crippen molar-refractivity contribution in [1.29, 1.82) is 0 Å². The number of aromatic nitrogens is 2. The highest BCUT2D eigenvalue weighted by Gasteiger charge is 2.27. The minimum Gasteiger partial charge on any atom is -0.379 e. The van der Waals surface area contributed by atoms with Crippen molar-refractivity contribution in [3.63, 3.8) is 0 Å². The summed E-state index contributed by atoms with van der Waals surface area (Å²) in [5.41, 5.74) is 0.545. The number of carbonyl (C=O) groups is 2. The summed E-state index contributed by atoms with van der Waals surface area (Å²) in [4.78, 5) is 24.9. The number of hydrogen-bond acceptors (Lipinski definition) is 9. The Labute approximate surface area is 203 Å². The number of halogens is 1. The summed E-state index contributed by atoms with van der Waals surface area (Å²) in [5, 5.41) is 10.7. The number of carbonyl (C=O) groups excluding carboxylic acids is 2. The molecule has 1 aromatic heterocycles. The van der Waals surface area contributed by atoms with Crippen LogP contribution in [0.25, 0.3) is 0 Å². The molecule has 1 saturated heterocycles. The number of nitrogens with zero attached hydrogens (tertiary/aromatic N) is 3. The molecule has 0 atom stereocenters. The van der Waals surface area contributed by atoms with Gasteiger partial charge >= 0.3 is 0 Å². The first kappa shape index (κ1) is 24.4. The number of sulfonamides is 1. The molecular weight excluding hydrogens is 503 g/mol. The molecule has 9 nitrogen and oxygen atoms in total. The second-order valence-corrected chi connectivity index (χ2v) is 11.2. The first-order valence-electron chi connectivity index (χ1n) is 10.1. The fourth-order valence-corrected chi connectivity index (χ4v) is 6.16. The highest BCUT2D eigenvalue weighted by molar-refractivity contribution is 8.01. The standard InChI is InChI=1S/C21H19FN4O5S3/c22-16-6-4-14(5-7-16)18(27)13-32-21-25-24-20(33-21)23-19(28)15-2-1-3-17(12-15)34(29,30)26-8-10-31-11-9-26/h1-7,12H,8-11,13H2,(H,23,24,28). The molecule has 0 bridgehead atoms. The molecule has 13 heteroatoms. The van der Waals surface area contributed by atoms with Gasteiger partial charge in [0.15, 0.2) is 10.1 Å². The maximum atomic E-state index is 13.0. The Morgan fingerprint density at radius 3 is 2.56 bits per heavy atom. The normalized spacial score (nSPS) is 14.6. The molecule has 178 valence electrons. The summed E-state index contributed by atoms with van der Waals surface area (Å²) < 4.78 is 45.7. The van der Waals surface area contributed by atoms with E-state index in [0.717, 1.165) is 23.1 Å². The van der Waals surface area contributed by atoms with Gasteiger partial charge in [-0.1, -0.05) is 29.2 Å². The van der Waals surface area contributed by atoms with Crippen LogP contribution in [0.5, 0.6) is 0 Å². The van der Waals surface area contributed by atoms with Crippen LogP contribution in [0.2, 0.25) is 0 Å². The maximum absolute atomic E-state index is 13.0. The molecule has 0 saturated carbocycles. The molecule has 0 spiro atoms. The summed E-state index contributed by atoms with van der Waals surface area (Å²) in [6.45, 7) is 1.17. The second-order valence-electron chi connectivity index (χ2n) is 7.09. The molecule has 1 aliphatic rings. The highest BCUT2D eigenvalue weighted by Crippen LogP contribution is 2.27. The van der Waals surface area contributed by atoms with Crippen molar-refractivity contribution in [2.24, 2.45) is 0 Å². The molecule has 1 fully saturated rings. The number of nitrogens with one attached hydrogen (secondary N) is 1. The fraction of sp³-hybridized carbons (Fsp3) is 0.238. The molecule has 0 aliphatic carbocycles. The number of morpholine rings is 1. The number of hydrogen-bond donors (Lipinski definition) is 1. The van der Waals surface area contributed by atoms with E-state index >= 15 is 0 Å². The lowest BCUT2D eigenvalue weighted by molar-refractivity contribution is 0.0730. The highest BCUT2D eigenvalue weighted by atomic mass is 32.2. The number of Topliss-reactive ketones (excluding diaryl/α,β-unsaturated/α-hetero) is 1. The van der Waals surface area contributed by atoms with E-state index in [2.05, 4.69) is 15.5 Å². The predicted octanol–water partition coefficient (Wildman–Crippen LogP) is 2.93. The topological polar surface area (TPSA) is 119 Å². The molecular formula is C21H19FN4O5S3. The maximum Gasteiger partial charge on any atom is 0.257 e. The van der Waals surface area contributed by atoms with Crippen LogP contribution >= 0.6 is 23.1 Å². The minimum absolute atomic E-state index is 0.0230. The first-order valence-corrected chi connectivity index (χ1v) is 13.3. The van der Waals surface area contributed by atoms with Crippen LogP contribution in [0.3, 0.4) is 0 Å². The lowest BCUT2D eigenvalue weighted by Crippen LogP contribution is -2.40. The third kappa shape index (κ3) is 5.85. The van der Waals surface area contributed by atoms with Crippen LogP contribution in [0.15, 0.2) is 57.8 Å².